The second-order valence-electron chi connectivity index (χ2n) is 2.39. The molecule has 12 heavy (non-hydrogen) atoms. The number of methoxy groups -OCH3 is 1. The van der Waals surface area contributed by atoms with E-state index in [2.05, 4.69) is 4.74 Å². The standard InChI is InChI=1S/C7H8FNO3/c1-12-6-4-2-3-5-7(6,8)9(10)11/h2-6H,1H3. The van der Waals surface area contributed by atoms with Gasteiger partial charge in [-0.2, -0.15) is 4.39 Å². The Labute approximate surface area is 68.5 Å². The predicted octanol–water partition coefficient (Wildman–Crippen LogP) is 1.07. The molecule has 1 rings (SSSR count). The molecule has 0 bridgehead atoms. The minimum Gasteiger partial charge on any atom is -0.366 e. The summed E-state index contributed by atoms with van der Waals surface area (Å²) in [5.74, 6) is -2.62. The first-order chi connectivity index (χ1) is 5.61. The quantitative estimate of drug-likeness (QED) is 0.356. The van der Waals surface area contributed by atoms with Crippen LogP contribution in [0.15, 0.2) is 24.3 Å². The molecule has 1 aliphatic rings. The number of ether oxygens (including phenoxy) is 1. The lowest BCUT2D eigenvalue weighted by Crippen LogP contribution is -2.44. The number of rotatable bonds is 2. The van der Waals surface area contributed by atoms with Gasteiger partial charge in [-0.3, -0.25) is 10.1 Å². The van der Waals surface area contributed by atoms with E-state index in [0.717, 1.165) is 6.08 Å². The minimum atomic E-state index is -2.62. The van der Waals surface area contributed by atoms with Crippen LogP contribution in [-0.4, -0.2) is 23.9 Å². The van der Waals surface area contributed by atoms with Gasteiger partial charge in [0.25, 0.3) is 0 Å². The first-order valence-corrected chi connectivity index (χ1v) is 3.33. The Kier molecular flexibility index (Phi) is 2.23. The molecule has 0 heterocycles. The number of nitro groups is 1. The zero-order chi connectivity index (χ0) is 9.19. The van der Waals surface area contributed by atoms with E-state index in [4.69, 9.17) is 0 Å². The summed E-state index contributed by atoms with van der Waals surface area (Å²) in [5, 5.41) is 10.3. The Morgan fingerprint density at radius 3 is 2.75 bits per heavy atom. The van der Waals surface area contributed by atoms with Crippen LogP contribution in [0.25, 0.3) is 0 Å². The van der Waals surface area contributed by atoms with E-state index in [0.29, 0.717) is 0 Å². The molecule has 0 aromatic carbocycles. The highest BCUT2D eigenvalue weighted by Gasteiger charge is 2.49. The highest BCUT2D eigenvalue weighted by atomic mass is 19.1. The molecule has 0 aromatic heterocycles. The van der Waals surface area contributed by atoms with Crippen LogP contribution in [0.4, 0.5) is 4.39 Å². The molecule has 5 heteroatoms. The SMILES string of the molecule is COC1C=CC=CC1(F)[N+](=O)[O-]. The van der Waals surface area contributed by atoms with Crippen molar-refractivity contribution in [3.05, 3.63) is 34.4 Å². The largest absolute Gasteiger partial charge is 0.407 e. The molecular weight excluding hydrogens is 165 g/mol. The highest BCUT2D eigenvalue weighted by molar-refractivity contribution is 5.19. The van der Waals surface area contributed by atoms with E-state index >= 15 is 0 Å². The normalized spacial score (nSPS) is 33.7. The summed E-state index contributed by atoms with van der Waals surface area (Å²) in [6.07, 6.45) is 3.84. The zero-order valence-electron chi connectivity index (χ0n) is 6.44. The van der Waals surface area contributed by atoms with Crippen molar-refractivity contribution < 1.29 is 14.1 Å². The van der Waals surface area contributed by atoms with Gasteiger partial charge < -0.3 is 4.74 Å². The lowest BCUT2D eigenvalue weighted by atomic mass is 10.0. The van der Waals surface area contributed by atoms with E-state index in [1.807, 2.05) is 0 Å². The van der Waals surface area contributed by atoms with Crippen molar-refractivity contribution in [2.24, 2.45) is 0 Å². The predicted molar refractivity (Wildman–Crippen MR) is 39.9 cm³/mol. The van der Waals surface area contributed by atoms with Gasteiger partial charge in [0, 0.05) is 13.2 Å². The summed E-state index contributed by atoms with van der Waals surface area (Å²) in [6, 6.07) is 0. The molecule has 0 fully saturated rings. The highest BCUT2D eigenvalue weighted by Crippen LogP contribution is 2.25. The molecule has 0 saturated carbocycles. The molecule has 0 amide bonds. The molecule has 1 aliphatic carbocycles. The third-order valence-electron chi connectivity index (χ3n) is 1.66. The van der Waals surface area contributed by atoms with Crippen LogP contribution < -0.4 is 0 Å². The number of nitrogens with zero attached hydrogens (tertiary/aromatic N) is 1. The van der Waals surface area contributed by atoms with Gasteiger partial charge in [0.05, 0.1) is 4.92 Å². The second kappa shape index (κ2) is 3.02. The van der Waals surface area contributed by atoms with Gasteiger partial charge in [-0.15, -0.1) is 0 Å². The van der Waals surface area contributed by atoms with Crippen molar-refractivity contribution >= 4 is 0 Å². The van der Waals surface area contributed by atoms with Gasteiger partial charge in [-0.1, -0.05) is 12.2 Å². The summed E-state index contributed by atoms with van der Waals surface area (Å²) >= 11 is 0. The molecule has 0 radical (unpaired) electrons. The first-order valence-electron chi connectivity index (χ1n) is 3.33. The molecule has 0 saturated heterocycles. The molecule has 0 aromatic rings. The Balaban J connectivity index is 2.94. The maximum atomic E-state index is 13.4. The smallest absolute Gasteiger partial charge is 0.366 e. The third-order valence-corrected chi connectivity index (χ3v) is 1.66. The molecule has 0 aliphatic heterocycles. The number of hydrogen-bond donors (Lipinski definition) is 0. The lowest BCUT2D eigenvalue weighted by Gasteiger charge is -2.21. The van der Waals surface area contributed by atoms with E-state index in [9.17, 15) is 14.5 Å². The van der Waals surface area contributed by atoms with Gasteiger partial charge in [0.1, 0.15) is 0 Å². The average molecular weight is 173 g/mol. The zero-order valence-corrected chi connectivity index (χ0v) is 6.44. The second-order valence-corrected chi connectivity index (χ2v) is 2.39. The summed E-state index contributed by atoms with van der Waals surface area (Å²) < 4.78 is 18.0. The molecule has 0 spiro atoms. The van der Waals surface area contributed by atoms with Gasteiger partial charge in [0.15, 0.2) is 6.10 Å². The minimum absolute atomic E-state index is 0.876. The van der Waals surface area contributed by atoms with Crippen LogP contribution in [0.1, 0.15) is 0 Å². The van der Waals surface area contributed by atoms with Crippen LogP contribution in [0.5, 0.6) is 0 Å². The van der Waals surface area contributed by atoms with Gasteiger partial charge in [0.2, 0.25) is 0 Å². The van der Waals surface area contributed by atoms with Crippen molar-refractivity contribution in [3.8, 4) is 0 Å². The van der Waals surface area contributed by atoms with Gasteiger partial charge in [-0.25, -0.2) is 0 Å². The Morgan fingerprint density at radius 1 is 1.67 bits per heavy atom. The molecular formula is C7H8FNO3. The average Bonchev–Trinajstić information content (AvgIpc) is 2.05. The van der Waals surface area contributed by atoms with Crippen LogP contribution >= 0.6 is 0 Å². The molecule has 0 N–H and O–H groups in total. The fraction of sp³-hybridized carbons (Fsp3) is 0.429. The van der Waals surface area contributed by atoms with Gasteiger partial charge in [-0.05, 0) is 6.08 Å². The van der Waals surface area contributed by atoms with Crippen LogP contribution in [0, 0.1) is 10.1 Å². The van der Waals surface area contributed by atoms with Crippen LogP contribution in [0.3, 0.4) is 0 Å². The first kappa shape index (κ1) is 8.86. The summed E-state index contributed by atoms with van der Waals surface area (Å²) in [7, 11) is 1.23. The van der Waals surface area contributed by atoms with E-state index in [-0.39, 0.29) is 0 Å². The number of allylic oxidation sites excluding steroid dienone is 2. The van der Waals surface area contributed by atoms with E-state index in [1.165, 1.54) is 25.3 Å². The Hall–Kier alpha value is -1.23. The lowest BCUT2D eigenvalue weighted by molar-refractivity contribution is -0.600. The third kappa shape index (κ3) is 1.23. The Morgan fingerprint density at radius 2 is 2.33 bits per heavy atom. The Bertz CT molecular complexity index is 251. The maximum absolute atomic E-state index is 13.4. The number of hydrogen-bond acceptors (Lipinski definition) is 3. The van der Waals surface area contributed by atoms with Crippen molar-refractivity contribution in [1.29, 1.82) is 0 Å². The van der Waals surface area contributed by atoms with E-state index < -0.39 is 16.8 Å². The molecule has 2 unspecified atom stereocenters. The number of alkyl halides is 1. The summed E-state index contributed by atoms with van der Waals surface area (Å²) in [4.78, 5) is 9.31. The van der Waals surface area contributed by atoms with Gasteiger partial charge >= 0.3 is 5.79 Å². The summed E-state index contributed by atoms with van der Waals surface area (Å²) in [5.41, 5.74) is 0. The van der Waals surface area contributed by atoms with Crippen molar-refractivity contribution in [2.75, 3.05) is 7.11 Å². The summed E-state index contributed by atoms with van der Waals surface area (Å²) in [6.45, 7) is 0. The molecule has 66 valence electrons. The number of halogens is 1. The van der Waals surface area contributed by atoms with Crippen molar-refractivity contribution in [1.82, 2.24) is 0 Å². The fourth-order valence-corrected chi connectivity index (χ4v) is 0.994. The topological polar surface area (TPSA) is 52.4 Å². The monoisotopic (exact) mass is 173 g/mol. The van der Waals surface area contributed by atoms with Crippen LogP contribution in [0.2, 0.25) is 0 Å². The molecule has 4 nitrogen and oxygen atoms in total. The van der Waals surface area contributed by atoms with Crippen molar-refractivity contribution in [2.45, 2.75) is 11.9 Å². The maximum Gasteiger partial charge on any atom is 0.407 e. The van der Waals surface area contributed by atoms with Crippen molar-refractivity contribution in [3.63, 3.8) is 0 Å². The van der Waals surface area contributed by atoms with Crippen LogP contribution in [-0.2, 0) is 4.74 Å². The fourth-order valence-electron chi connectivity index (χ4n) is 0.994. The van der Waals surface area contributed by atoms with E-state index in [1.54, 1.807) is 0 Å². The molecule has 2 atom stereocenters.